The van der Waals surface area contributed by atoms with E-state index in [1.54, 1.807) is 6.07 Å². The predicted octanol–water partition coefficient (Wildman–Crippen LogP) is 0.736. The topological polar surface area (TPSA) is 95.8 Å². The lowest BCUT2D eigenvalue weighted by Crippen LogP contribution is -2.15. The van der Waals surface area contributed by atoms with E-state index in [1.165, 1.54) is 7.11 Å². The maximum absolute atomic E-state index is 10.8. The Morgan fingerprint density at radius 1 is 1.19 bits per heavy atom. The Morgan fingerprint density at radius 3 is 2.67 bits per heavy atom. The zero-order valence-corrected chi connectivity index (χ0v) is 12.3. The number of fused-ring (bicyclic) bond motifs is 1. The van der Waals surface area contributed by atoms with Crippen molar-refractivity contribution in [3.8, 4) is 5.75 Å². The second-order valence-corrected chi connectivity index (χ2v) is 5.62. The number of oxime groups is 2. The molecule has 0 aliphatic carbocycles. The first kappa shape index (κ1) is 15.3. The fourth-order valence-corrected chi connectivity index (χ4v) is 1.96. The molecule has 0 amide bonds. The smallest absolute Gasteiger partial charge is 0.286 e. The third kappa shape index (κ3) is 4.17. The molecule has 0 spiro atoms. The summed E-state index contributed by atoms with van der Waals surface area (Å²) in [7, 11) is -2.08. The van der Waals surface area contributed by atoms with Gasteiger partial charge in [-0.15, -0.1) is 0 Å². The van der Waals surface area contributed by atoms with E-state index >= 15 is 0 Å². The number of hydrogen-bond acceptors (Lipinski definition) is 8. The fraction of sp³-hybridized carbons (Fsp3) is 0.333. The van der Waals surface area contributed by atoms with Crippen LogP contribution < -0.4 is 4.74 Å². The van der Waals surface area contributed by atoms with Gasteiger partial charge in [0.2, 0.25) is 0 Å². The van der Waals surface area contributed by atoms with Gasteiger partial charge >= 0.3 is 0 Å². The number of para-hydroxylation sites is 1. The summed E-state index contributed by atoms with van der Waals surface area (Å²) in [6.07, 6.45) is 0.957. The Balaban J connectivity index is 2.00. The SMILES string of the molecule is CON=C1C(=NOCCOS(C)(=O)=O)Oc2ccccc21. The highest BCUT2D eigenvalue weighted by Crippen LogP contribution is 2.26. The molecular formula is C12H14N2O6S. The van der Waals surface area contributed by atoms with Crippen molar-refractivity contribution < 1.29 is 27.0 Å². The van der Waals surface area contributed by atoms with Crippen LogP contribution in [0.5, 0.6) is 5.75 Å². The molecule has 21 heavy (non-hydrogen) atoms. The maximum atomic E-state index is 10.8. The number of ether oxygens (including phenoxy) is 1. The van der Waals surface area contributed by atoms with E-state index in [0.29, 0.717) is 11.5 Å². The quantitative estimate of drug-likeness (QED) is 0.436. The van der Waals surface area contributed by atoms with Crippen molar-refractivity contribution in [3.63, 3.8) is 0 Å². The second kappa shape index (κ2) is 6.55. The molecule has 9 heteroatoms. The third-order valence-corrected chi connectivity index (χ3v) is 2.95. The lowest BCUT2D eigenvalue weighted by atomic mass is 10.1. The van der Waals surface area contributed by atoms with Crippen LogP contribution in [0.15, 0.2) is 34.6 Å². The molecule has 1 heterocycles. The first-order chi connectivity index (χ1) is 10.0. The Labute approximate surface area is 122 Å². The van der Waals surface area contributed by atoms with Gasteiger partial charge in [-0.05, 0) is 17.3 Å². The molecule has 114 valence electrons. The standard InChI is InChI=1S/C12H14N2O6S/c1-17-13-11-9-5-3-4-6-10(9)20-12(11)14-18-7-8-19-21(2,15)16/h3-6H,7-8H2,1-2H3. The van der Waals surface area contributed by atoms with E-state index < -0.39 is 10.1 Å². The first-order valence-corrected chi connectivity index (χ1v) is 7.76. The summed E-state index contributed by atoms with van der Waals surface area (Å²) >= 11 is 0. The molecule has 0 N–H and O–H groups in total. The highest BCUT2D eigenvalue weighted by atomic mass is 32.2. The van der Waals surface area contributed by atoms with E-state index in [2.05, 4.69) is 14.5 Å². The summed E-state index contributed by atoms with van der Waals surface area (Å²) in [5.74, 6) is 0.723. The van der Waals surface area contributed by atoms with Crippen LogP contribution >= 0.6 is 0 Å². The average Bonchev–Trinajstić information content (AvgIpc) is 2.76. The molecule has 1 aliphatic rings. The highest BCUT2D eigenvalue weighted by Gasteiger charge is 2.28. The maximum Gasteiger partial charge on any atom is 0.286 e. The zero-order valence-electron chi connectivity index (χ0n) is 11.5. The zero-order chi connectivity index (χ0) is 15.3. The predicted molar refractivity (Wildman–Crippen MR) is 74.8 cm³/mol. The van der Waals surface area contributed by atoms with Crippen molar-refractivity contribution in [2.75, 3.05) is 26.6 Å². The Bertz CT molecular complexity index is 668. The lowest BCUT2D eigenvalue weighted by molar-refractivity contribution is 0.107. The average molecular weight is 314 g/mol. The van der Waals surface area contributed by atoms with Crippen LogP contribution in [0, 0.1) is 0 Å². The summed E-state index contributed by atoms with van der Waals surface area (Å²) < 4.78 is 31.5. The number of nitrogens with zero attached hydrogens (tertiary/aromatic N) is 2. The molecule has 0 saturated carbocycles. The van der Waals surface area contributed by atoms with Gasteiger partial charge in [-0.2, -0.15) is 8.42 Å². The molecule has 1 aromatic rings. The third-order valence-electron chi connectivity index (χ3n) is 2.35. The van der Waals surface area contributed by atoms with Crippen molar-refractivity contribution in [3.05, 3.63) is 29.8 Å². The van der Waals surface area contributed by atoms with E-state index in [4.69, 9.17) is 14.4 Å². The lowest BCUT2D eigenvalue weighted by Gasteiger charge is -2.01. The first-order valence-electron chi connectivity index (χ1n) is 5.94. The molecule has 1 aliphatic heterocycles. The van der Waals surface area contributed by atoms with Gasteiger partial charge in [-0.3, -0.25) is 4.18 Å². The normalized spacial score (nSPS) is 17.6. The molecular weight excluding hydrogens is 300 g/mol. The van der Waals surface area contributed by atoms with E-state index in [0.717, 1.165) is 11.8 Å². The molecule has 0 bridgehead atoms. The van der Waals surface area contributed by atoms with Crippen LogP contribution in [-0.4, -0.2) is 46.6 Å². The van der Waals surface area contributed by atoms with Crippen LogP contribution in [0.3, 0.4) is 0 Å². The molecule has 0 saturated heterocycles. The van der Waals surface area contributed by atoms with Crippen molar-refractivity contribution >= 4 is 21.7 Å². The molecule has 0 fully saturated rings. The van der Waals surface area contributed by atoms with Gasteiger partial charge in [0.05, 0.1) is 11.8 Å². The Hall–Kier alpha value is -2.13. The Morgan fingerprint density at radius 2 is 1.95 bits per heavy atom. The van der Waals surface area contributed by atoms with Crippen LogP contribution in [-0.2, 0) is 24.0 Å². The summed E-state index contributed by atoms with van der Waals surface area (Å²) in [5.41, 5.74) is 1.13. The summed E-state index contributed by atoms with van der Waals surface area (Å²) in [6, 6.07) is 7.21. The fourth-order valence-electron chi connectivity index (χ4n) is 1.59. The molecule has 0 aromatic heterocycles. The molecule has 1 aromatic carbocycles. The molecule has 0 radical (unpaired) electrons. The van der Waals surface area contributed by atoms with Crippen molar-refractivity contribution in [2.24, 2.45) is 10.3 Å². The summed E-state index contributed by atoms with van der Waals surface area (Å²) in [6.45, 7) is -0.185. The van der Waals surface area contributed by atoms with Gasteiger partial charge < -0.3 is 14.4 Å². The van der Waals surface area contributed by atoms with Crippen LogP contribution in [0.25, 0.3) is 0 Å². The van der Waals surface area contributed by atoms with Gasteiger partial charge in [0.25, 0.3) is 16.0 Å². The molecule has 0 unspecified atom stereocenters. The number of rotatable bonds is 6. The highest BCUT2D eigenvalue weighted by molar-refractivity contribution is 7.85. The largest absolute Gasteiger partial charge is 0.434 e. The number of benzene rings is 1. The van der Waals surface area contributed by atoms with Crippen molar-refractivity contribution in [2.45, 2.75) is 0 Å². The van der Waals surface area contributed by atoms with Crippen molar-refractivity contribution in [1.29, 1.82) is 0 Å². The molecule has 2 rings (SSSR count). The second-order valence-electron chi connectivity index (χ2n) is 3.98. The minimum atomic E-state index is -3.49. The van der Waals surface area contributed by atoms with E-state index in [-0.39, 0.29) is 19.1 Å². The summed E-state index contributed by atoms with van der Waals surface area (Å²) in [5, 5.41) is 7.60. The minimum absolute atomic E-state index is 0.0451. The van der Waals surface area contributed by atoms with Crippen molar-refractivity contribution in [1.82, 2.24) is 0 Å². The van der Waals surface area contributed by atoms with Crippen LogP contribution in [0.2, 0.25) is 0 Å². The van der Waals surface area contributed by atoms with Gasteiger partial charge in [0, 0.05) is 0 Å². The molecule has 0 atom stereocenters. The van der Waals surface area contributed by atoms with Gasteiger partial charge in [0.15, 0.2) is 5.71 Å². The van der Waals surface area contributed by atoms with Crippen LogP contribution in [0.4, 0.5) is 0 Å². The number of hydrogen-bond donors (Lipinski definition) is 0. The minimum Gasteiger partial charge on any atom is -0.434 e. The van der Waals surface area contributed by atoms with E-state index in [9.17, 15) is 8.42 Å². The van der Waals surface area contributed by atoms with Gasteiger partial charge in [-0.25, -0.2) is 0 Å². The Kier molecular flexibility index (Phi) is 4.76. The van der Waals surface area contributed by atoms with E-state index in [1.807, 2.05) is 18.2 Å². The summed E-state index contributed by atoms with van der Waals surface area (Å²) in [4.78, 5) is 9.71. The monoisotopic (exact) mass is 314 g/mol. The van der Waals surface area contributed by atoms with Gasteiger partial charge in [-0.1, -0.05) is 17.3 Å². The van der Waals surface area contributed by atoms with Gasteiger partial charge in [0.1, 0.15) is 26.1 Å². The van der Waals surface area contributed by atoms with Crippen LogP contribution in [0.1, 0.15) is 5.56 Å². The molecule has 8 nitrogen and oxygen atoms in total.